The van der Waals surface area contributed by atoms with Gasteiger partial charge in [0.15, 0.2) is 5.76 Å². The molecular formula is C13H17N3O3. The van der Waals surface area contributed by atoms with E-state index in [0.717, 1.165) is 0 Å². The Morgan fingerprint density at radius 1 is 1.53 bits per heavy atom. The zero-order valence-electron chi connectivity index (χ0n) is 11.2. The van der Waals surface area contributed by atoms with Gasteiger partial charge in [-0.05, 0) is 32.9 Å². The van der Waals surface area contributed by atoms with Crippen LogP contribution in [0.1, 0.15) is 20.8 Å². The third-order valence-electron chi connectivity index (χ3n) is 2.28. The van der Waals surface area contributed by atoms with E-state index in [1.165, 1.54) is 4.68 Å². The Hall–Kier alpha value is -2.24. The number of carbonyl (C=O) groups is 1. The first-order valence-corrected chi connectivity index (χ1v) is 5.94. The van der Waals surface area contributed by atoms with E-state index >= 15 is 0 Å². The SMILES string of the molecule is CC(C)(C)OC(=O)Cn1nc(-c2ccco2)cc1N. The Morgan fingerprint density at radius 2 is 2.26 bits per heavy atom. The Bertz CT molecular complexity index is 564. The van der Waals surface area contributed by atoms with Crippen molar-refractivity contribution in [2.75, 3.05) is 5.73 Å². The van der Waals surface area contributed by atoms with Crippen LogP contribution in [0.15, 0.2) is 28.9 Å². The summed E-state index contributed by atoms with van der Waals surface area (Å²) in [5, 5.41) is 4.22. The average Bonchev–Trinajstić information content (AvgIpc) is 2.85. The van der Waals surface area contributed by atoms with Crippen LogP contribution < -0.4 is 5.73 Å². The van der Waals surface area contributed by atoms with Crippen LogP contribution in [0.25, 0.3) is 11.5 Å². The first kappa shape index (κ1) is 13.2. The van der Waals surface area contributed by atoms with E-state index in [4.69, 9.17) is 14.9 Å². The van der Waals surface area contributed by atoms with Crippen molar-refractivity contribution in [3.8, 4) is 11.5 Å². The second kappa shape index (κ2) is 4.79. The molecule has 0 spiro atoms. The van der Waals surface area contributed by atoms with Gasteiger partial charge in [0.2, 0.25) is 0 Å². The molecule has 2 aromatic heterocycles. The van der Waals surface area contributed by atoms with E-state index in [1.807, 2.05) is 20.8 Å². The monoisotopic (exact) mass is 263 g/mol. The van der Waals surface area contributed by atoms with E-state index in [9.17, 15) is 4.79 Å². The average molecular weight is 263 g/mol. The maximum absolute atomic E-state index is 11.7. The Morgan fingerprint density at radius 3 is 2.84 bits per heavy atom. The highest BCUT2D eigenvalue weighted by Crippen LogP contribution is 2.20. The van der Waals surface area contributed by atoms with E-state index in [1.54, 1.807) is 24.5 Å². The number of ether oxygens (including phenoxy) is 1. The number of nitrogens with zero attached hydrogens (tertiary/aromatic N) is 2. The van der Waals surface area contributed by atoms with Crippen molar-refractivity contribution in [1.29, 1.82) is 0 Å². The molecule has 0 unspecified atom stereocenters. The van der Waals surface area contributed by atoms with Gasteiger partial charge in [-0.25, -0.2) is 4.68 Å². The van der Waals surface area contributed by atoms with Crippen LogP contribution in [0.3, 0.4) is 0 Å². The van der Waals surface area contributed by atoms with Gasteiger partial charge in [0, 0.05) is 6.07 Å². The minimum Gasteiger partial charge on any atom is -0.463 e. The third-order valence-corrected chi connectivity index (χ3v) is 2.28. The summed E-state index contributed by atoms with van der Waals surface area (Å²) in [6.45, 7) is 5.41. The number of furan rings is 1. The zero-order chi connectivity index (χ0) is 14.0. The van der Waals surface area contributed by atoms with Gasteiger partial charge in [-0.15, -0.1) is 0 Å². The van der Waals surface area contributed by atoms with Crippen molar-refractivity contribution in [1.82, 2.24) is 9.78 Å². The van der Waals surface area contributed by atoms with Crippen LogP contribution in [0, 0.1) is 0 Å². The predicted octanol–water partition coefficient (Wildman–Crippen LogP) is 2.07. The third kappa shape index (κ3) is 3.37. The molecule has 0 atom stereocenters. The molecule has 2 aromatic rings. The van der Waals surface area contributed by atoms with Crippen LogP contribution in [-0.2, 0) is 16.1 Å². The van der Waals surface area contributed by atoms with Crippen LogP contribution in [0.2, 0.25) is 0 Å². The molecule has 0 saturated carbocycles. The number of carbonyl (C=O) groups excluding carboxylic acids is 1. The van der Waals surface area contributed by atoms with Crippen LogP contribution in [0.5, 0.6) is 0 Å². The second-order valence-electron chi connectivity index (χ2n) is 5.18. The summed E-state index contributed by atoms with van der Waals surface area (Å²) in [7, 11) is 0. The fourth-order valence-corrected chi connectivity index (χ4v) is 1.60. The molecule has 0 aliphatic heterocycles. The maximum atomic E-state index is 11.7. The van der Waals surface area contributed by atoms with Gasteiger partial charge in [-0.3, -0.25) is 4.79 Å². The molecule has 0 saturated heterocycles. The van der Waals surface area contributed by atoms with Crippen LogP contribution in [-0.4, -0.2) is 21.4 Å². The van der Waals surface area contributed by atoms with Crippen molar-refractivity contribution in [3.63, 3.8) is 0 Å². The van der Waals surface area contributed by atoms with Gasteiger partial charge in [0.05, 0.1) is 6.26 Å². The van der Waals surface area contributed by atoms with Gasteiger partial charge in [-0.2, -0.15) is 5.10 Å². The van der Waals surface area contributed by atoms with Crippen LogP contribution in [0.4, 0.5) is 5.82 Å². The highest BCUT2D eigenvalue weighted by molar-refractivity contribution is 5.70. The van der Waals surface area contributed by atoms with E-state index in [2.05, 4.69) is 5.10 Å². The number of anilines is 1. The molecule has 2 heterocycles. The lowest BCUT2D eigenvalue weighted by atomic mass is 10.2. The van der Waals surface area contributed by atoms with E-state index in [-0.39, 0.29) is 12.5 Å². The van der Waals surface area contributed by atoms with E-state index < -0.39 is 5.60 Å². The summed E-state index contributed by atoms with van der Waals surface area (Å²) in [4.78, 5) is 11.7. The molecule has 19 heavy (non-hydrogen) atoms. The molecule has 102 valence electrons. The maximum Gasteiger partial charge on any atom is 0.328 e. The molecular weight excluding hydrogens is 246 g/mol. The van der Waals surface area contributed by atoms with E-state index in [0.29, 0.717) is 17.3 Å². The summed E-state index contributed by atoms with van der Waals surface area (Å²) >= 11 is 0. The fourth-order valence-electron chi connectivity index (χ4n) is 1.60. The normalized spacial score (nSPS) is 11.5. The molecule has 0 radical (unpaired) electrons. The number of aromatic nitrogens is 2. The molecule has 0 aromatic carbocycles. The fraction of sp³-hybridized carbons (Fsp3) is 0.385. The standard InChI is InChI=1S/C13H17N3O3/c1-13(2,3)19-12(17)8-16-11(14)7-9(15-16)10-5-4-6-18-10/h4-7H,8,14H2,1-3H3. The number of nitrogens with two attached hydrogens (primary N) is 1. The zero-order valence-corrected chi connectivity index (χ0v) is 11.2. The summed E-state index contributed by atoms with van der Waals surface area (Å²) in [6.07, 6.45) is 1.55. The van der Waals surface area contributed by atoms with Gasteiger partial charge >= 0.3 is 5.97 Å². The second-order valence-corrected chi connectivity index (χ2v) is 5.18. The summed E-state index contributed by atoms with van der Waals surface area (Å²) in [5.41, 5.74) is 5.87. The van der Waals surface area contributed by atoms with Gasteiger partial charge in [0.25, 0.3) is 0 Å². The summed E-state index contributed by atoms with van der Waals surface area (Å²) in [6, 6.07) is 5.20. The van der Waals surface area contributed by atoms with Crippen molar-refractivity contribution >= 4 is 11.8 Å². The molecule has 0 fully saturated rings. The van der Waals surface area contributed by atoms with Gasteiger partial charge in [-0.1, -0.05) is 0 Å². The Balaban J connectivity index is 2.12. The molecule has 0 bridgehead atoms. The Labute approximate surface area is 111 Å². The van der Waals surface area contributed by atoms with Crippen LogP contribution >= 0.6 is 0 Å². The number of nitrogen functional groups attached to an aromatic ring is 1. The first-order chi connectivity index (χ1) is 8.85. The molecule has 6 nitrogen and oxygen atoms in total. The molecule has 2 rings (SSSR count). The number of esters is 1. The summed E-state index contributed by atoms with van der Waals surface area (Å²) < 4.78 is 11.8. The summed E-state index contributed by atoms with van der Waals surface area (Å²) in [5.74, 6) is 0.611. The topological polar surface area (TPSA) is 83.3 Å². The van der Waals surface area contributed by atoms with Gasteiger partial charge in [0.1, 0.15) is 23.7 Å². The minimum atomic E-state index is -0.525. The number of hydrogen-bond donors (Lipinski definition) is 1. The van der Waals surface area contributed by atoms with Crippen molar-refractivity contribution in [2.45, 2.75) is 32.9 Å². The highest BCUT2D eigenvalue weighted by atomic mass is 16.6. The van der Waals surface area contributed by atoms with Crippen molar-refractivity contribution < 1.29 is 13.9 Å². The van der Waals surface area contributed by atoms with Crippen molar-refractivity contribution in [2.24, 2.45) is 0 Å². The minimum absolute atomic E-state index is 0.0240. The number of hydrogen-bond acceptors (Lipinski definition) is 5. The molecule has 6 heteroatoms. The lowest BCUT2D eigenvalue weighted by Gasteiger charge is -2.19. The van der Waals surface area contributed by atoms with Crippen molar-refractivity contribution in [3.05, 3.63) is 24.5 Å². The predicted molar refractivity (Wildman–Crippen MR) is 70.2 cm³/mol. The molecule has 0 amide bonds. The highest BCUT2D eigenvalue weighted by Gasteiger charge is 2.18. The number of rotatable bonds is 3. The molecule has 2 N–H and O–H groups in total. The largest absolute Gasteiger partial charge is 0.463 e. The van der Waals surface area contributed by atoms with Gasteiger partial charge < -0.3 is 14.9 Å². The lowest BCUT2D eigenvalue weighted by Crippen LogP contribution is -2.27. The smallest absolute Gasteiger partial charge is 0.328 e. The first-order valence-electron chi connectivity index (χ1n) is 5.94. The molecule has 0 aliphatic carbocycles. The lowest BCUT2D eigenvalue weighted by molar-refractivity contribution is -0.155. The quantitative estimate of drug-likeness (QED) is 0.857. The Kier molecular flexibility index (Phi) is 3.33. The molecule has 0 aliphatic rings.